The van der Waals surface area contributed by atoms with Gasteiger partial charge in [0.2, 0.25) is 0 Å². The van der Waals surface area contributed by atoms with Crippen LogP contribution in [0.3, 0.4) is 0 Å². The summed E-state index contributed by atoms with van der Waals surface area (Å²) < 4.78 is 25.5. The maximum atomic E-state index is 14.5. The number of hydrogen-bond donors (Lipinski definition) is 0. The molecule has 0 aliphatic heterocycles. The van der Waals surface area contributed by atoms with Gasteiger partial charge in [-0.25, -0.2) is 9.18 Å². The molecule has 33 heavy (non-hydrogen) atoms. The number of carbonyl (C=O) groups is 1. The predicted octanol–water partition coefficient (Wildman–Crippen LogP) is 8.11. The Balaban J connectivity index is 1.42. The lowest BCUT2D eigenvalue weighted by atomic mass is 9.85. The van der Waals surface area contributed by atoms with Crippen LogP contribution in [0.1, 0.15) is 93.5 Å². The van der Waals surface area contributed by atoms with Crippen LogP contribution in [0.5, 0.6) is 11.5 Å². The molecule has 2 aromatic rings. The zero-order chi connectivity index (χ0) is 23.3. The molecule has 179 valence electrons. The van der Waals surface area contributed by atoms with Crippen molar-refractivity contribution in [1.82, 2.24) is 0 Å². The molecule has 0 heterocycles. The highest BCUT2D eigenvalue weighted by atomic mass is 19.1. The predicted molar refractivity (Wildman–Crippen MR) is 131 cm³/mol. The first-order valence-corrected chi connectivity index (χ1v) is 12.7. The van der Waals surface area contributed by atoms with Gasteiger partial charge in [-0.2, -0.15) is 0 Å². The molecule has 0 aromatic heterocycles. The highest BCUT2D eigenvalue weighted by Crippen LogP contribution is 2.27. The van der Waals surface area contributed by atoms with E-state index < -0.39 is 11.8 Å². The fourth-order valence-corrected chi connectivity index (χ4v) is 4.36. The van der Waals surface area contributed by atoms with E-state index in [-0.39, 0.29) is 5.56 Å². The Morgan fingerprint density at radius 3 is 2.36 bits per heavy atom. The van der Waals surface area contributed by atoms with Gasteiger partial charge in [0.15, 0.2) is 0 Å². The maximum Gasteiger partial charge on any atom is 0.346 e. The SMILES string of the molecule is CCCCCCCCOc1ccc(C(=O)Oc2ccc(CCC3CC[CH]CC3)cc2)c(F)c1. The van der Waals surface area contributed by atoms with Gasteiger partial charge in [0.05, 0.1) is 12.2 Å². The average Bonchev–Trinajstić information content (AvgIpc) is 2.84. The summed E-state index contributed by atoms with van der Waals surface area (Å²) in [6.45, 7) is 2.76. The number of benzene rings is 2. The van der Waals surface area contributed by atoms with Crippen LogP contribution in [0.2, 0.25) is 0 Å². The molecular weight excluding hydrogens is 415 g/mol. The summed E-state index contributed by atoms with van der Waals surface area (Å²) in [5.74, 6) is 0.368. The molecule has 0 atom stereocenters. The van der Waals surface area contributed by atoms with Crippen LogP contribution >= 0.6 is 0 Å². The van der Waals surface area contributed by atoms with Crippen LogP contribution in [-0.4, -0.2) is 12.6 Å². The van der Waals surface area contributed by atoms with E-state index in [1.54, 1.807) is 18.2 Å². The molecule has 3 rings (SSSR count). The monoisotopic (exact) mass is 453 g/mol. The van der Waals surface area contributed by atoms with Gasteiger partial charge in [-0.05, 0) is 74.3 Å². The van der Waals surface area contributed by atoms with Crippen molar-refractivity contribution in [3.05, 3.63) is 65.8 Å². The molecule has 2 aromatic carbocycles. The van der Waals surface area contributed by atoms with Crippen molar-refractivity contribution in [2.24, 2.45) is 5.92 Å². The molecule has 0 amide bonds. The van der Waals surface area contributed by atoms with Crippen molar-refractivity contribution >= 4 is 5.97 Å². The summed E-state index contributed by atoms with van der Waals surface area (Å²) in [5, 5.41) is 0. The van der Waals surface area contributed by atoms with E-state index in [0.717, 1.165) is 25.2 Å². The van der Waals surface area contributed by atoms with E-state index in [9.17, 15) is 9.18 Å². The zero-order valence-corrected chi connectivity index (χ0v) is 20.0. The van der Waals surface area contributed by atoms with E-state index in [4.69, 9.17) is 9.47 Å². The molecule has 1 fully saturated rings. The Kier molecular flexibility index (Phi) is 10.7. The van der Waals surface area contributed by atoms with Gasteiger partial charge < -0.3 is 9.47 Å². The number of ether oxygens (including phenoxy) is 2. The van der Waals surface area contributed by atoms with Gasteiger partial charge in [0, 0.05) is 6.07 Å². The lowest BCUT2D eigenvalue weighted by Crippen LogP contribution is -2.11. The smallest absolute Gasteiger partial charge is 0.346 e. The number of unbranched alkanes of at least 4 members (excludes halogenated alkanes) is 5. The second-order valence-corrected chi connectivity index (χ2v) is 9.14. The molecule has 0 spiro atoms. The van der Waals surface area contributed by atoms with Crippen molar-refractivity contribution in [3.63, 3.8) is 0 Å². The number of carbonyl (C=O) groups excluding carboxylic acids is 1. The average molecular weight is 454 g/mol. The van der Waals surface area contributed by atoms with Gasteiger partial charge in [0.1, 0.15) is 17.3 Å². The molecule has 4 heteroatoms. The Morgan fingerprint density at radius 2 is 1.64 bits per heavy atom. The molecule has 0 bridgehead atoms. The minimum atomic E-state index is -0.693. The number of aryl methyl sites for hydroxylation is 1. The van der Waals surface area contributed by atoms with Crippen molar-refractivity contribution in [3.8, 4) is 11.5 Å². The molecule has 1 saturated carbocycles. The van der Waals surface area contributed by atoms with Crippen LogP contribution < -0.4 is 9.47 Å². The minimum Gasteiger partial charge on any atom is -0.493 e. The fraction of sp³-hybridized carbons (Fsp3) is 0.517. The third-order valence-corrected chi connectivity index (χ3v) is 6.46. The van der Waals surface area contributed by atoms with E-state index in [1.807, 2.05) is 12.1 Å². The third-order valence-electron chi connectivity index (χ3n) is 6.46. The van der Waals surface area contributed by atoms with Gasteiger partial charge in [-0.1, -0.05) is 64.0 Å². The number of rotatable bonds is 13. The van der Waals surface area contributed by atoms with E-state index >= 15 is 0 Å². The first-order valence-electron chi connectivity index (χ1n) is 12.7. The number of halogens is 1. The first-order chi connectivity index (χ1) is 16.2. The summed E-state index contributed by atoms with van der Waals surface area (Å²) in [4.78, 5) is 12.4. The molecule has 0 N–H and O–H groups in total. The van der Waals surface area contributed by atoms with E-state index in [0.29, 0.717) is 18.1 Å². The zero-order valence-electron chi connectivity index (χ0n) is 20.0. The highest BCUT2D eigenvalue weighted by molar-refractivity contribution is 5.91. The summed E-state index contributed by atoms with van der Waals surface area (Å²) in [5.41, 5.74) is 1.16. The molecule has 1 aliphatic rings. The Morgan fingerprint density at radius 1 is 0.939 bits per heavy atom. The van der Waals surface area contributed by atoms with Crippen molar-refractivity contribution < 1.29 is 18.7 Å². The Hall–Kier alpha value is -2.36. The summed E-state index contributed by atoms with van der Waals surface area (Å²) in [7, 11) is 0. The minimum absolute atomic E-state index is 0.0832. The topological polar surface area (TPSA) is 35.5 Å². The molecule has 0 saturated heterocycles. The van der Waals surface area contributed by atoms with Gasteiger partial charge >= 0.3 is 5.97 Å². The third kappa shape index (κ3) is 8.83. The van der Waals surface area contributed by atoms with Crippen LogP contribution in [0.25, 0.3) is 0 Å². The quantitative estimate of drug-likeness (QED) is 0.174. The second kappa shape index (κ2) is 14.0. The van der Waals surface area contributed by atoms with Crippen LogP contribution in [0.15, 0.2) is 42.5 Å². The van der Waals surface area contributed by atoms with Crippen molar-refractivity contribution in [2.45, 2.75) is 84.0 Å². The largest absolute Gasteiger partial charge is 0.493 e. The fourth-order valence-electron chi connectivity index (χ4n) is 4.36. The summed E-state index contributed by atoms with van der Waals surface area (Å²) in [6.07, 6.45) is 16.7. The van der Waals surface area contributed by atoms with Crippen molar-refractivity contribution in [1.29, 1.82) is 0 Å². The number of hydrogen-bond acceptors (Lipinski definition) is 3. The standard InChI is InChI=1S/C29H38FO3/c1-2-3-4-5-6-10-21-32-26-19-20-27(28(30)22-26)29(31)33-25-17-15-24(16-18-25)14-13-23-11-8-7-9-12-23/h7,15-20,22-23H,2-6,8-14,21H2,1H3. The number of esters is 1. The summed E-state index contributed by atoms with van der Waals surface area (Å²) >= 11 is 0. The van der Waals surface area contributed by atoms with Crippen LogP contribution in [-0.2, 0) is 6.42 Å². The van der Waals surface area contributed by atoms with Gasteiger partial charge in [-0.3, -0.25) is 0 Å². The lowest BCUT2D eigenvalue weighted by molar-refractivity contribution is 0.0730. The maximum absolute atomic E-state index is 14.5. The molecule has 3 nitrogen and oxygen atoms in total. The van der Waals surface area contributed by atoms with Gasteiger partial charge in [0.25, 0.3) is 0 Å². The van der Waals surface area contributed by atoms with Crippen LogP contribution in [0.4, 0.5) is 4.39 Å². The normalized spacial score (nSPS) is 14.2. The molecular formula is C29H38FO3. The van der Waals surface area contributed by atoms with E-state index in [1.165, 1.54) is 75.5 Å². The highest BCUT2D eigenvalue weighted by Gasteiger charge is 2.16. The molecule has 1 radical (unpaired) electrons. The second-order valence-electron chi connectivity index (χ2n) is 9.14. The Labute approximate surface area is 198 Å². The van der Waals surface area contributed by atoms with Crippen LogP contribution in [0, 0.1) is 18.2 Å². The molecule has 0 unspecified atom stereocenters. The van der Waals surface area contributed by atoms with Crippen molar-refractivity contribution in [2.75, 3.05) is 6.61 Å². The lowest BCUT2D eigenvalue weighted by Gasteiger charge is -2.21. The molecule has 1 aliphatic carbocycles. The summed E-state index contributed by atoms with van der Waals surface area (Å²) in [6, 6.07) is 11.9. The van der Waals surface area contributed by atoms with E-state index in [2.05, 4.69) is 13.3 Å². The Bertz CT molecular complexity index is 840. The first kappa shape index (κ1) is 25.3. The van der Waals surface area contributed by atoms with Gasteiger partial charge in [-0.15, -0.1) is 0 Å².